The van der Waals surface area contributed by atoms with Gasteiger partial charge in [0.2, 0.25) is 0 Å². The fourth-order valence-corrected chi connectivity index (χ4v) is 3.24. The van der Waals surface area contributed by atoms with E-state index in [9.17, 15) is 4.79 Å². The molecule has 0 saturated carbocycles. The Morgan fingerprint density at radius 2 is 2.18 bits per heavy atom. The Morgan fingerprint density at radius 1 is 1.41 bits per heavy atom. The topological polar surface area (TPSA) is 42.4 Å². The molecule has 0 radical (unpaired) electrons. The maximum Gasteiger partial charge on any atom is 0.267 e. The van der Waals surface area contributed by atoms with Gasteiger partial charge in [-0.1, -0.05) is 13.8 Å². The van der Waals surface area contributed by atoms with Crippen molar-refractivity contribution in [3.8, 4) is 17.0 Å². The van der Waals surface area contributed by atoms with Crippen LogP contribution >= 0.6 is 11.3 Å². The van der Waals surface area contributed by atoms with E-state index in [1.54, 1.807) is 18.3 Å². The molecule has 5 heteroatoms. The van der Waals surface area contributed by atoms with Gasteiger partial charge in [-0.05, 0) is 38.0 Å². The quantitative estimate of drug-likeness (QED) is 0.863. The smallest absolute Gasteiger partial charge is 0.267 e. The minimum atomic E-state index is -0.432. The van der Waals surface area contributed by atoms with Gasteiger partial charge in [0.1, 0.15) is 5.75 Å². The molecule has 1 amide bonds. The molecule has 116 valence electrons. The molecular formula is C17H20N2O2S. The van der Waals surface area contributed by atoms with E-state index in [2.05, 4.69) is 18.8 Å². The summed E-state index contributed by atoms with van der Waals surface area (Å²) >= 11 is 1.63. The Hall–Kier alpha value is -1.88. The first kappa shape index (κ1) is 15.0. The number of benzene rings is 1. The number of ether oxygens (including phenoxy) is 1. The average Bonchev–Trinajstić information content (AvgIpc) is 2.90. The van der Waals surface area contributed by atoms with Gasteiger partial charge in [0, 0.05) is 17.5 Å². The fourth-order valence-electron chi connectivity index (χ4n) is 2.62. The molecule has 0 bridgehead atoms. The summed E-state index contributed by atoms with van der Waals surface area (Å²) in [6.07, 6.45) is -0.432. The van der Waals surface area contributed by atoms with E-state index >= 15 is 0 Å². The number of thiazole rings is 1. The van der Waals surface area contributed by atoms with Crippen LogP contribution in [-0.4, -0.2) is 23.5 Å². The predicted octanol–water partition coefficient (Wildman–Crippen LogP) is 3.89. The van der Waals surface area contributed by atoms with E-state index in [1.165, 1.54) is 0 Å². The van der Waals surface area contributed by atoms with Gasteiger partial charge in [-0.2, -0.15) is 0 Å². The van der Waals surface area contributed by atoms with Crippen molar-refractivity contribution in [2.24, 2.45) is 5.92 Å². The summed E-state index contributed by atoms with van der Waals surface area (Å²) in [6.45, 7) is 8.71. The lowest BCUT2D eigenvalue weighted by Crippen LogP contribution is -2.46. The molecule has 3 rings (SSSR count). The fraction of sp³-hybridized carbons (Fsp3) is 0.412. The predicted molar refractivity (Wildman–Crippen MR) is 89.6 cm³/mol. The second kappa shape index (κ2) is 5.72. The van der Waals surface area contributed by atoms with E-state index in [1.807, 2.05) is 35.4 Å². The Bertz CT molecular complexity index is 708. The van der Waals surface area contributed by atoms with Gasteiger partial charge in [-0.15, -0.1) is 11.3 Å². The molecule has 1 aliphatic heterocycles. The summed E-state index contributed by atoms with van der Waals surface area (Å²) < 4.78 is 5.74. The molecule has 22 heavy (non-hydrogen) atoms. The largest absolute Gasteiger partial charge is 0.479 e. The molecule has 1 aromatic heterocycles. The Balaban J connectivity index is 2.05. The molecule has 1 aliphatic rings. The molecule has 1 aromatic carbocycles. The van der Waals surface area contributed by atoms with Gasteiger partial charge in [0.25, 0.3) is 5.91 Å². The maximum absolute atomic E-state index is 12.5. The number of aryl methyl sites for hydroxylation is 1. The highest BCUT2D eigenvalue weighted by atomic mass is 32.1. The second-order valence-electron chi connectivity index (χ2n) is 6.04. The Labute approximate surface area is 134 Å². The van der Waals surface area contributed by atoms with Crippen LogP contribution in [0.2, 0.25) is 0 Å². The second-order valence-corrected chi connectivity index (χ2v) is 7.10. The van der Waals surface area contributed by atoms with E-state index in [4.69, 9.17) is 4.74 Å². The third-order valence-corrected chi connectivity index (χ3v) is 4.40. The third-order valence-electron chi connectivity index (χ3n) is 3.63. The first-order valence-electron chi connectivity index (χ1n) is 7.50. The van der Waals surface area contributed by atoms with Crippen LogP contribution in [0.15, 0.2) is 23.6 Å². The standard InChI is InChI=1S/C17H20N2O2S/c1-10(2)8-19-15-7-13(14-9-22-12(4)18-14)5-6-16(15)21-11(3)17(19)20/h5-7,9-11H,8H2,1-4H3. The first-order valence-corrected chi connectivity index (χ1v) is 8.38. The average molecular weight is 316 g/mol. The summed E-state index contributed by atoms with van der Waals surface area (Å²) in [5.41, 5.74) is 2.81. The van der Waals surface area contributed by atoms with Gasteiger partial charge in [-0.3, -0.25) is 4.79 Å². The molecule has 1 atom stereocenters. The molecule has 2 heterocycles. The molecule has 0 spiro atoms. The Morgan fingerprint density at radius 3 is 2.82 bits per heavy atom. The van der Waals surface area contributed by atoms with Crippen molar-refractivity contribution in [1.82, 2.24) is 4.98 Å². The number of carbonyl (C=O) groups is 1. The molecule has 1 unspecified atom stereocenters. The van der Waals surface area contributed by atoms with Crippen LogP contribution in [0.1, 0.15) is 25.8 Å². The summed E-state index contributed by atoms with van der Waals surface area (Å²) in [6, 6.07) is 5.95. The lowest BCUT2D eigenvalue weighted by molar-refractivity contribution is -0.125. The number of hydrogen-bond donors (Lipinski definition) is 0. The number of carbonyl (C=O) groups excluding carboxylic acids is 1. The summed E-state index contributed by atoms with van der Waals surface area (Å²) in [5, 5.41) is 3.07. The normalized spacial score (nSPS) is 17.6. The highest BCUT2D eigenvalue weighted by Crippen LogP contribution is 2.38. The number of fused-ring (bicyclic) bond motifs is 1. The lowest BCUT2D eigenvalue weighted by atomic mass is 10.1. The highest BCUT2D eigenvalue weighted by Gasteiger charge is 2.32. The van der Waals surface area contributed by atoms with Crippen LogP contribution < -0.4 is 9.64 Å². The zero-order valence-electron chi connectivity index (χ0n) is 13.3. The van der Waals surface area contributed by atoms with Crippen LogP contribution in [0.3, 0.4) is 0 Å². The number of nitrogens with zero attached hydrogens (tertiary/aromatic N) is 2. The maximum atomic E-state index is 12.5. The van der Waals surface area contributed by atoms with Gasteiger partial charge in [0.15, 0.2) is 6.10 Å². The zero-order valence-corrected chi connectivity index (χ0v) is 14.1. The van der Waals surface area contributed by atoms with Crippen LogP contribution in [-0.2, 0) is 4.79 Å². The van der Waals surface area contributed by atoms with Crippen molar-refractivity contribution < 1.29 is 9.53 Å². The van der Waals surface area contributed by atoms with E-state index < -0.39 is 6.10 Å². The van der Waals surface area contributed by atoms with Gasteiger partial charge in [0.05, 0.1) is 16.4 Å². The first-order chi connectivity index (χ1) is 10.5. The SMILES string of the molecule is Cc1nc(-c2ccc3c(c2)N(CC(C)C)C(=O)C(C)O3)cs1. The molecule has 2 aromatic rings. The summed E-state index contributed by atoms with van der Waals surface area (Å²) in [4.78, 5) is 18.8. The van der Waals surface area contributed by atoms with Crippen molar-refractivity contribution in [1.29, 1.82) is 0 Å². The third kappa shape index (κ3) is 2.73. The number of hydrogen-bond acceptors (Lipinski definition) is 4. The molecule has 0 aliphatic carbocycles. The van der Waals surface area contributed by atoms with Crippen LogP contribution in [0.25, 0.3) is 11.3 Å². The zero-order chi connectivity index (χ0) is 15.9. The van der Waals surface area contributed by atoms with E-state index in [0.29, 0.717) is 12.5 Å². The van der Waals surface area contributed by atoms with Crippen LogP contribution in [0, 0.1) is 12.8 Å². The van der Waals surface area contributed by atoms with Gasteiger partial charge < -0.3 is 9.64 Å². The Kier molecular flexibility index (Phi) is 3.91. The van der Waals surface area contributed by atoms with Crippen molar-refractivity contribution in [2.75, 3.05) is 11.4 Å². The van der Waals surface area contributed by atoms with Crippen molar-refractivity contribution in [2.45, 2.75) is 33.8 Å². The molecule has 0 N–H and O–H groups in total. The van der Waals surface area contributed by atoms with Crippen molar-refractivity contribution in [3.05, 3.63) is 28.6 Å². The van der Waals surface area contributed by atoms with E-state index in [0.717, 1.165) is 27.7 Å². The number of aromatic nitrogens is 1. The minimum absolute atomic E-state index is 0.0211. The molecule has 0 fully saturated rings. The van der Waals surface area contributed by atoms with Crippen molar-refractivity contribution >= 4 is 22.9 Å². The monoisotopic (exact) mass is 316 g/mol. The number of rotatable bonds is 3. The van der Waals surface area contributed by atoms with Crippen LogP contribution in [0.5, 0.6) is 5.75 Å². The minimum Gasteiger partial charge on any atom is -0.479 e. The lowest BCUT2D eigenvalue weighted by Gasteiger charge is -2.34. The summed E-state index contributed by atoms with van der Waals surface area (Å²) in [5.74, 6) is 1.18. The van der Waals surface area contributed by atoms with Gasteiger partial charge in [-0.25, -0.2) is 4.98 Å². The van der Waals surface area contributed by atoms with Crippen molar-refractivity contribution in [3.63, 3.8) is 0 Å². The molecule has 0 saturated heterocycles. The summed E-state index contributed by atoms with van der Waals surface area (Å²) in [7, 11) is 0. The number of amides is 1. The number of anilines is 1. The van der Waals surface area contributed by atoms with E-state index in [-0.39, 0.29) is 5.91 Å². The molecular weight excluding hydrogens is 296 g/mol. The van der Waals surface area contributed by atoms with Gasteiger partial charge >= 0.3 is 0 Å². The van der Waals surface area contributed by atoms with Crippen LogP contribution in [0.4, 0.5) is 5.69 Å². The highest BCUT2D eigenvalue weighted by molar-refractivity contribution is 7.09. The molecule has 4 nitrogen and oxygen atoms in total.